The van der Waals surface area contributed by atoms with Crippen LogP contribution in [0.15, 0.2) is 54.7 Å². The smallest absolute Gasteiger partial charge is 0.229 e. The normalized spacial score (nSPS) is 10.7. The first-order valence-electron chi connectivity index (χ1n) is 7.97. The first-order valence-corrected chi connectivity index (χ1v) is 7.97. The van der Waals surface area contributed by atoms with Gasteiger partial charge in [0.15, 0.2) is 11.6 Å². The van der Waals surface area contributed by atoms with E-state index < -0.39 is 5.82 Å². The number of aromatic hydroxyl groups is 1. The van der Waals surface area contributed by atoms with E-state index in [1.165, 1.54) is 17.7 Å². The van der Waals surface area contributed by atoms with Crippen LogP contribution in [-0.2, 0) is 0 Å². The monoisotopic (exact) mass is 338 g/mol. The lowest BCUT2D eigenvalue weighted by atomic mass is 10.0. The number of anilines is 4. The summed E-state index contributed by atoms with van der Waals surface area (Å²) >= 11 is 0. The van der Waals surface area contributed by atoms with E-state index in [1.807, 2.05) is 24.3 Å². The topological polar surface area (TPSA) is 70.1 Å². The van der Waals surface area contributed by atoms with Crippen LogP contribution < -0.4 is 10.6 Å². The molecule has 0 aliphatic heterocycles. The van der Waals surface area contributed by atoms with Crippen molar-refractivity contribution in [1.82, 2.24) is 9.97 Å². The van der Waals surface area contributed by atoms with Crippen molar-refractivity contribution < 1.29 is 9.50 Å². The Hall–Kier alpha value is -3.15. The average Bonchev–Trinajstić information content (AvgIpc) is 2.58. The number of hydrogen-bond donors (Lipinski definition) is 3. The third-order valence-electron chi connectivity index (χ3n) is 3.69. The Labute approximate surface area is 145 Å². The van der Waals surface area contributed by atoms with Gasteiger partial charge in [-0.1, -0.05) is 32.0 Å². The minimum Gasteiger partial charge on any atom is -0.508 e. The number of nitrogens with zero attached hydrogens (tertiary/aromatic N) is 2. The largest absolute Gasteiger partial charge is 0.508 e. The second kappa shape index (κ2) is 7.17. The molecule has 0 atom stereocenters. The van der Waals surface area contributed by atoms with Crippen molar-refractivity contribution in [3.63, 3.8) is 0 Å². The highest BCUT2D eigenvalue weighted by atomic mass is 19.1. The molecule has 0 unspecified atom stereocenters. The van der Waals surface area contributed by atoms with Gasteiger partial charge >= 0.3 is 0 Å². The first-order chi connectivity index (χ1) is 12.0. The Morgan fingerprint density at radius 1 is 1.00 bits per heavy atom. The van der Waals surface area contributed by atoms with Crippen LogP contribution in [0.5, 0.6) is 5.75 Å². The number of hydrogen-bond acceptors (Lipinski definition) is 5. The molecule has 0 spiro atoms. The Bertz CT molecular complexity index is 866. The maximum Gasteiger partial charge on any atom is 0.229 e. The van der Waals surface area contributed by atoms with Gasteiger partial charge in [0, 0.05) is 17.4 Å². The molecule has 1 heterocycles. The summed E-state index contributed by atoms with van der Waals surface area (Å²) in [6.45, 7) is 4.26. The van der Waals surface area contributed by atoms with Crippen molar-refractivity contribution >= 4 is 23.1 Å². The molecule has 2 aromatic carbocycles. The number of phenolic OH excluding ortho intramolecular Hbond substituents is 1. The highest BCUT2D eigenvalue weighted by molar-refractivity contribution is 5.61. The highest BCUT2D eigenvalue weighted by Crippen LogP contribution is 2.23. The van der Waals surface area contributed by atoms with Crippen LogP contribution in [0.4, 0.5) is 27.5 Å². The molecule has 0 radical (unpaired) electrons. The van der Waals surface area contributed by atoms with Crippen LogP contribution >= 0.6 is 0 Å². The van der Waals surface area contributed by atoms with Gasteiger partial charge in [0.05, 0.1) is 6.20 Å². The number of benzene rings is 2. The third kappa shape index (κ3) is 4.23. The number of aromatic nitrogens is 2. The van der Waals surface area contributed by atoms with E-state index >= 15 is 0 Å². The zero-order valence-electron chi connectivity index (χ0n) is 14.0. The molecule has 25 heavy (non-hydrogen) atoms. The molecule has 0 aliphatic carbocycles. The summed E-state index contributed by atoms with van der Waals surface area (Å²) in [5.74, 6) is 0.268. The van der Waals surface area contributed by atoms with Crippen LogP contribution in [0, 0.1) is 5.82 Å². The van der Waals surface area contributed by atoms with Crippen molar-refractivity contribution in [1.29, 1.82) is 0 Å². The molecular weight excluding hydrogens is 319 g/mol. The molecule has 0 amide bonds. The Morgan fingerprint density at radius 2 is 1.76 bits per heavy atom. The second-order valence-corrected chi connectivity index (χ2v) is 5.97. The molecule has 0 fully saturated rings. The molecule has 3 rings (SSSR count). The van der Waals surface area contributed by atoms with E-state index in [2.05, 4.69) is 34.4 Å². The zero-order chi connectivity index (χ0) is 17.8. The fourth-order valence-electron chi connectivity index (χ4n) is 2.32. The van der Waals surface area contributed by atoms with Crippen LogP contribution in [0.25, 0.3) is 0 Å². The molecular formula is C19H19FN4O. The van der Waals surface area contributed by atoms with E-state index in [0.29, 0.717) is 11.6 Å². The van der Waals surface area contributed by atoms with Crippen LogP contribution in [0.2, 0.25) is 0 Å². The second-order valence-electron chi connectivity index (χ2n) is 5.97. The minimum atomic E-state index is -0.580. The number of phenols is 1. The lowest BCUT2D eigenvalue weighted by Crippen LogP contribution is -2.03. The molecule has 0 saturated carbocycles. The molecule has 3 N–H and O–H groups in total. The van der Waals surface area contributed by atoms with Gasteiger partial charge < -0.3 is 15.7 Å². The van der Waals surface area contributed by atoms with Gasteiger partial charge in [0.1, 0.15) is 5.75 Å². The molecule has 1 aromatic heterocycles. The zero-order valence-corrected chi connectivity index (χ0v) is 14.0. The van der Waals surface area contributed by atoms with Crippen molar-refractivity contribution in [3.8, 4) is 5.75 Å². The van der Waals surface area contributed by atoms with Gasteiger partial charge in [-0.15, -0.1) is 0 Å². The molecule has 5 nitrogen and oxygen atoms in total. The molecule has 128 valence electrons. The Morgan fingerprint density at radius 3 is 2.44 bits per heavy atom. The highest BCUT2D eigenvalue weighted by Gasteiger charge is 2.08. The number of nitrogens with one attached hydrogen (secondary N) is 2. The summed E-state index contributed by atoms with van der Waals surface area (Å²) in [6.07, 6.45) is 1.10. The van der Waals surface area contributed by atoms with E-state index in [-0.39, 0.29) is 17.5 Å². The predicted molar refractivity (Wildman–Crippen MR) is 97.2 cm³/mol. The van der Waals surface area contributed by atoms with Gasteiger partial charge in [-0.3, -0.25) is 0 Å². The quantitative estimate of drug-likeness (QED) is 0.615. The Balaban J connectivity index is 1.79. The number of rotatable bonds is 5. The number of halogens is 1. The lowest BCUT2D eigenvalue weighted by Gasteiger charge is -2.11. The van der Waals surface area contributed by atoms with Gasteiger partial charge in [-0.25, -0.2) is 9.37 Å². The maximum atomic E-state index is 14.0. The van der Waals surface area contributed by atoms with Crippen molar-refractivity contribution in [2.45, 2.75) is 19.8 Å². The summed E-state index contributed by atoms with van der Waals surface area (Å²) in [5, 5.41) is 15.4. The minimum absolute atomic E-state index is 0.0295. The maximum absolute atomic E-state index is 14.0. The molecule has 0 saturated heterocycles. The van der Waals surface area contributed by atoms with Crippen molar-refractivity contribution in [2.24, 2.45) is 0 Å². The Kier molecular flexibility index (Phi) is 4.79. The molecule has 6 heteroatoms. The summed E-state index contributed by atoms with van der Waals surface area (Å²) in [6, 6.07) is 14.3. The summed E-state index contributed by atoms with van der Waals surface area (Å²) in [5.41, 5.74) is 2.58. The van der Waals surface area contributed by atoms with Gasteiger partial charge in [0.2, 0.25) is 5.95 Å². The van der Waals surface area contributed by atoms with E-state index in [1.54, 1.807) is 12.1 Å². The van der Waals surface area contributed by atoms with E-state index in [4.69, 9.17) is 0 Å². The van der Waals surface area contributed by atoms with Gasteiger partial charge in [-0.2, -0.15) is 4.98 Å². The SMILES string of the molecule is CC(C)c1ccc(Nc2ncc(F)c(Nc3cccc(O)c3)n2)cc1. The standard InChI is InChI=1S/C19H19FN4O/c1-12(2)13-6-8-14(9-7-13)23-19-21-11-17(20)18(24-19)22-15-4-3-5-16(25)10-15/h3-12,25H,1-2H3,(H2,21,22,23,24). The lowest BCUT2D eigenvalue weighted by molar-refractivity contribution is 0.475. The van der Waals surface area contributed by atoms with Gasteiger partial charge in [0.25, 0.3) is 0 Å². The molecule has 0 bridgehead atoms. The summed E-state index contributed by atoms with van der Waals surface area (Å²) in [4.78, 5) is 8.12. The summed E-state index contributed by atoms with van der Waals surface area (Å²) in [7, 11) is 0. The van der Waals surface area contributed by atoms with Gasteiger partial charge in [-0.05, 0) is 35.7 Å². The molecule has 3 aromatic rings. The van der Waals surface area contributed by atoms with Crippen LogP contribution in [0.3, 0.4) is 0 Å². The van der Waals surface area contributed by atoms with Crippen LogP contribution in [-0.4, -0.2) is 15.1 Å². The van der Waals surface area contributed by atoms with Crippen LogP contribution in [0.1, 0.15) is 25.3 Å². The fourth-order valence-corrected chi connectivity index (χ4v) is 2.32. The van der Waals surface area contributed by atoms with Crippen molar-refractivity contribution in [3.05, 3.63) is 66.1 Å². The van der Waals surface area contributed by atoms with E-state index in [9.17, 15) is 9.50 Å². The fraction of sp³-hybridized carbons (Fsp3) is 0.158. The third-order valence-corrected chi connectivity index (χ3v) is 3.69. The molecule has 0 aliphatic rings. The van der Waals surface area contributed by atoms with E-state index in [0.717, 1.165) is 11.9 Å². The van der Waals surface area contributed by atoms with Crippen molar-refractivity contribution in [2.75, 3.05) is 10.6 Å². The first kappa shape index (κ1) is 16.7. The summed E-state index contributed by atoms with van der Waals surface area (Å²) < 4.78 is 14.0. The predicted octanol–water partition coefficient (Wildman–Crippen LogP) is 4.93. The average molecular weight is 338 g/mol.